The van der Waals surface area contributed by atoms with E-state index < -0.39 is 0 Å². The Hall–Kier alpha value is -1.14. The van der Waals surface area contributed by atoms with Crippen molar-refractivity contribution in [3.8, 4) is 0 Å². The van der Waals surface area contributed by atoms with E-state index in [-0.39, 0.29) is 5.82 Å². The molecule has 0 bridgehead atoms. The molecule has 0 aliphatic rings. The molecule has 0 aliphatic carbocycles. The van der Waals surface area contributed by atoms with Crippen molar-refractivity contribution >= 4 is 17.4 Å². The Balaban J connectivity index is 3.20. The largest absolute Gasteiger partial charge is 0.359 e. The third kappa shape index (κ3) is 1.23. The second-order valence-corrected chi connectivity index (χ2v) is 2.15. The lowest BCUT2D eigenvalue weighted by molar-refractivity contribution is 0.995. The molecule has 0 radical (unpaired) electrons. The highest BCUT2D eigenvalue weighted by Crippen LogP contribution is 2.16. The van der Waals surface area contributed by atoms with E-state index in [9.17, 15) is 0 Å². The first-order chi connectivity index (χ1) is 4.74. The molecule has 4 heteroatoms. The molecule has 3 nitrogen and oxygen atoms in total. The first kappa shape index (κ1) is 6.97. The van der Waals surface area contributed by atoms with Crippen LogP contribution in [0.1, 0.15) is 5.69 Å². The number of rotatable bonds is 0. The summed E-state index contributed by atoms with van der Waals surface area (Å²) in [6.07, 6.45) is 0. The lowest BCUT2D eigenvalue weighted by Crippen LogP contribution is -1.85. The van der Waals surface area contributed by atoms with E-state index in [4.69, 9.17) is 18.2 Å². The van der Waals surface area contributed by atoms with Gasteiger partial charge < -0.3 is 4.85 Å². The summed E-state index contributed by atoms with van der Waals surface area (Å²) in [6.45, 7) is 8.31. The van der Waals surface area contributed by atoms with Crippen LogP contribution < -0.4 is 0 Å². The van der Waals surface area contributed by atoms with Crippen molar-refractivity contribution in [2.75, 3.05) is 0 Å². The van der Waals surface area contributed by atoms with Crippen molar-refractivity contribution in [2.24, 2.45) is 0 Å². The molecule has 0 aliphatic heterocycles. The van der Waals surface area contributed by atoms with Crippen LogP contribution in [-0.4, -0.2) is 10.2 Å². The molecule has 0 fully saturated rings. The van der Waals surface area contributed by atoms with E-state index >= 15 is 0 Å². The standard InChI is InChI=1S/C6H4ClN3/c1-4-5(7)3-6(8-2)10-9-4/h3H,1H3. The van der Waals surface area contributed by atoms with Crippen molar-refractivity contribution in [1.82, 2.24) is 10.2 Å². The molecule has 10 heavy (non-hydrogen) atoms. The zero-order valence-corrected chi connectivity index (χ0v) is 6.05. The van der Waals surface area contributed by atoms with Gasteiger partial charge in [0, 0.05) is 0 Å². The number of nitrogens with zero attached hydrogens (tertiary/aromatic N) is 3. The molecular formula is C6H4ClN3. The Morgan fingerprint density at radius 1 is 1.60 bits per heavy atom. The van der Waals surface area contributed by atoms with Gasteiger partial charge in [-0.25, -0.2) is 0 Å². The van der Waals surface area contributed by atoms with Crippen LogP contribution >= 0.6 is 11.6 Å². The molecule has 0 unspecified atom stereocenters. The summed E-state index contributed by atoms with van der Waals surface area (Å²) in [5, 5.41) is 7.71. The van der Waals surface area contributed by atoms with E-state index in [0.29, 0.717) is 10.7 Å². The monoisotopic (exact) mass is 153 g/mol. The van der Waals surface area contributed by atoms with Gasteiger partial charge in [0.25, 0.3) is 5.82 Å². The van der Waals surface area contributed by atoms with E-state index in [0.717, 1.165) is 0 Å². The van der Waals surface area contributed by atoms with Gasteiger partial charge in [0.1, 0.15) is 5.69 Å². The van der Waals surface area contributed by atoms with Gasteiger partial charge in [-0.15, -0.1) is 0 Å². The van der Waals surface area contributed by atoms with Crippen LogP contribution in [0.2, 0.25) is 5.02 Å². The predicted molar refractivity (Wildman–Crippen MR) is 38.0 cm³/mol. The summed E-state index contributed by atoms with van der Waals surface area (Å²) < 4.78 is 0. The Kier molecular flexibility index (Phi) is 1.83. The molecule has 1 aromatic heterocycles. The number of aryl methyl sites for hydroxylation is 1. The van der Waals surface area contributed by atoms with Crippen LogP contribution in [0, 0.1) is 13.5 Å². The minimum absolute atomic E-state index is 0.232. The molecule has 0 atom stereocenters. The fourth-order valence-corrected chi connectivity index (χ4v) is 0.611. The average Bonchev–Trinajstić information content (AvgIpc) is 1.95. The molecule has 0 aromatic carbocycles. The van der Waals surface area contributed by atoms with Crippen LogP contribution in [-0.2, 0) is 0 Å². The molecule has 0 N–H and O–H groups in total. The van der Waals surface area contributed by atoms with E-state index in [1.54, 1.807) is 6.92 Å². The fraction of sp³-hybridized carbons (Fsp3) is 0.167. The minimum Gasteiger partial charge on any atom is -0.359 e. The smallest absolute Gasteiger partial charge is 0.297 e. The lowest BCUT2D eigenvalue weighted by atomic mass is 10.4. The van der Waals surface area contributed by atoms with E-state index in [1.165, 1.54) is 6.07 Å². The quantitative estimate of drug-likeness (QED) is 0.534. The van der Waals surface area contributed by atoms with Gasteiger partial charge in [0.05, 0.1) is 5.02 Å². The Bertz CT molecular complexity index is 290. The highest BCUT2D eigenvalue weighted by atomic mass is 35.5. The number of aromatic nitrogens is 2. The van der Waals surface area contributed by atoms with Crippen LogP contribution in [0.15, 0.2) is 6.07 Å². The van der Waals surface area contributed by atoms with Gasteiger partial charge >= 0.3 is 0 Å². The number of hydrogen-bond donors (Lipinski definition) is 0. The van der Waals surface area contributed by atoms with Crippen LogP contribution in [0.5, 0.6) is 0 Å². The third-order valence-corrected chi connectivity index (χ3v) is 1.40. The van der Waals surface area contributed by atoms with Crippen molar-refractivity contribution in [1.29, 1.82) is 0 Å². The molecule has 1 rings (SSSR count). The maximum absolute atomic E-state index is 6.57. The van der Waals surface area contributed by atoms with E-state index in [1.807, 2.05) is 0 Å². The molecular weight excluding hydrogens is 150 g/mol. The maximum atomic E-state index is 6.57. The predicted octanol–water partition coefficient (Wildman–Crippen LogP) is 1.99. The minimum atomic E-state index is 0.232. The van der Waals surface area contributed by atoms with E-state index in [2.05, 4.69) is 15.0 Å². The van der Waals surface area contributed by atoms with Crippen LogP contribution in [0.3, 0.4) is 0 Å². The van der Waals surface area contributed by atoms with Gasteiger partial charge in [0.15, 0.2) is 0 Å². The molecule has 0 amide bonds. The first-order valence-corrected chi connectivity index (χ1v) is 2.99. The zero-order chi connectivity index (χ0) is 7.56. The van der Waals surface area contributed by atoms with Crippen molar-refractivity contribution in [3.05, 3.63) is 28.2 Å². The zero-order valence-electron chi connectivity index (χ0n) is 5.30. The van der Waals surface area contributed by atoms with Crippen LogP contribution in [0.25, 0.3) is 4.85 Å². The van der Waals surface area contributed by atoms with Crippen LogP contribution in [0.4, 0.5) is 5.82 Å². The van der Waals surface area contributed by atoms with Crippen molar-refractivity contribution < 1.29 is 0 Å². The SMILES string of the molecule is [C-]#[N+]c1cc(Cl)c(C)nn1. The summed E-state index contributed by atoms with van der Waals surface area (Å²) in [5.74, 6) is 0.232. The summed E-state index contributed by atoms with van der Waals surface area (Å²) >= 11 is 5.65. The van der Waals surface area contributed by atoms with Crippen molar-refractivity contribution in [2.45, 2.75) is 6.92 Å². The lowest BCUT2D eigenvalue weighted by Gasteiger charge is -1.90. The fourth-order valence-electron chi connectivity index (χ4n) is 0.475. The van der Waals surface area contributed by atoms with Gasteiger partial charge in [-0.2, -0.15) is 0 Å². The normalized spacial score (nSPS) is 8.90. The molecule has 0 saturated heterocycles. The van der Waals surface area contributed by atoms with Gasteiger partial charge in [-0.1, -0.05) is 23.3 Å². The molecule has 50 valence electrons. The second kappa shape index (κ2) is 2.63. The maximum Gasteiger partial charge on any atom is 0.297 e. The second-order valence-electron chi connectivity index (χ2n) is 1.75. The summed E-state index contributed by atoms with van der Waals surface area (Å²) in [4.78, 5) is 3.06. The third-order valence-electron chi connectivity index (χ3n) is 1.02. The first-order valence-electron chi connectivity index (χ1n) is 2.61. The highest BCUT2D eigenvalue weighted by molar-refractivity contribution is 6.31. The van der Waals surface area contributed by atoms with Gasteiger partial charge in [-0.05, 0) is 18.1 Å². The van der Waals surface area contributed by atoms with Crippen molar-refractivity contribution in [3.63, 3.8) is 0 Å². The molecule has 0 saturated carbocycles. The van der Waals surface area contributed by atoms with Gasteiger partial charge in [-0.3, -0.25) is 0 Å². The summed E-state index contributed by atoms with van der Waals surface area (Å²) in [6, 6.07) is 1.50. The Labute approximate surface area is 63.5 Å². The molecule has 0 spiro atoms. The Morgan fingerprint density at radius 3 is 2.80 bits per heavy atom. The Morgan fingerprint density at radius 2 is 2.30 bits per heavy atom. The summed E-state index contributed by atoms with van der Waals surface area (Å²) in [7, 11) is 0. The molecule has 1 aromatic rings. The topological polar surface area (TPSA) is 30.1 Å². The number of halogens is 1. The summed E-state index contributed by atoms with van der Waals surface area (Å²) in [5.41, 5.74) is 0.647. The number of hydrogen-bond acceptors (Lipinski definition) is 2. The average molecular weight is 154 g/mol. The van der Waals surface area contributed by atoms with Gasteiger partial charge in [0.2, 0.25) is 0 Å². The highest BCUT2D eigenvalue weighted by Gasteiger charge is 1.99. The molecule has 1 heterocycles.